The van der Waals surface area contributed by atoms with Crippen LogP contribution in [-0.4, -0.2) is 21.4 Å². The quantitative estimate of drug-likeness (QED) is 0.889. The third kappa shape index (κ3) is 4.20. The molecule has 0 spiro atoms. The fraction of sp³-hybridized carbons (Fsp3) is 0.0625. The van der Waals surface area contributed by atoms with Crippen LogP contribution in [0, 0.1) is 0 Å². The predicted molar refractivity (Wildman–Crippen MR) is 87.9 cm³/mol. The molecule has 5 nitrogen and oxygen atoms in total. The van der Waals surface area contributed by atoms with E-state index in [1.54, 1.807) is 36.4 Å². The zero-order chi connectivity index (χ0) is 16.0. The van der Waals surface area contributed by atoms with Gasteiger partial charge in [0.1, 0.15) is 0 Å². The number of hydrogen-bond acceptors (Lipinski definition) is 3. The molecule has 0 radical (unpaired) electrons. The number of carbonyl (C=O) groups excluding carboxylic acids is 1. The molecule has 0 aliphatic carbocycles. The largest absolute Gasteiger partial charge is 0.355 e. The first kappa shape index (κ1) is 15.8. The number of nitrogens with one attached hydrogen (secondary N) is 2. The van der Waals surface area contributed by atoms with E-state index < -0.39 is 10.0 Å². The van der Waals surface area contributed by atoms with Gasteiger partial charge in [-0.1, -0.05) is 42.5 Å². The summed E-state index contributed by atoms with van der Waals surface area (Å²) in [5.74, 6) is -0.356. The van der Waals surface area contributed by atoms with Crippen LogP contribution in [0.25, 0.3) is 6.08 Å². The highest BCUT2D eigenvalue weighted by atomic mass is 32.2. The molecular formula is C16H16N2O3S. The molecule has 2 aromatic rings. The van der Waals surface area contributed by atoms with Gasteiger partial charge in [0.25, 0.3) is 15.9 Å². The SMILES string of the molecule is CNC(=O)c1ccccc1NS(=O)(=O)/C=C/c1ccccc1. The minimum Gasteiger partial charge on any atom is -0.355 e. The average molecular weight is 316 g/mol. The summed E-state index contributed by atoms with van der Waals surface area (Å²) in [6.07, 6.45) is 1.49. The first-order valence-corrected chi connectivity index (χ1v) is 8.13. The van der Waals surface area contributed by atoms with E-state index in [0.717, 1.165) is 11.0 Å². The summed E-state index contributed by atoms with van der Waals surface area (Å²) in [6, 6.07) is 15.5. The predicted octanol–water partition coefficient (Wildman–Crippen LogP) is 2.46. The molecule has 0 aromatic heterocycles. The minimum atomic E-state index is -3.71. The number of sulfonamides is 1. The monoisotopic (exact) mass is 316 g/mol. The van der Waals surface area contributed by atoms with E-state index in [0.29, 0.717) is 0 Å². The fourth-order valence-electron chi connectivity index (χ4n) is 1.82. The van der Waals surface area contributed by atoms with Gasteiger partial charge in [-0.05, 0) is 23.8 Å². The number of carbonyl (C=O) groups is 1. The Bertz CT molecular complexity index is 784. The molecule has 1 amide bonds. The number of benzene rings is 2. The summed E-state index contributed by atoms with van der Waals surface area (Å²) in [5.41, 5.74) is 1.27. The molecule has 0 aliphatic heterocycles. The lowest BCUT2D eigenvalue weighted by molar-refractivity contribution is 0.0964. The molecule has 6 heteroatoms. The van der Waals surface area contributed by atoms with Crippen LogP contribution in [0.4, 0.5) is 5.69 Å². The zero-order valence-electron chi connectivity index (χ0n) is 12.0. The van der Waals surface area contributed by atoms with Crippen molar-refractivity contribution in [3.63, 3.8) is 0 Å². The highest BCUT2D eigenvalue weighted by molar-refractivity contribution is 7.95. The van der Waals surface area contributed by atoms with E-state index in [4.69, 9.17) is 0 Å². The lowest BCUT2D eigenvalue weighted by Crippen LogP contribution is -2.20. The van der Waals surface area contributed by atoms with Gasteiger partial charge in [0.15, 0.2) is 0 Å². The van der Waals surface area contributed by atoms with E-state index >= 15 is 0 Å². The van der Waals surface area contributed by atoms with Crippen molar-refractivity contribution in [2.75, 3.05) is 11.8 Å². The number of rotatable bonds is 5. The third-order valence-electron chi connectivity index (χ3n) is 2.89. The molecule has 0 atom stereocenters. The summed E-state index contributed by atoms with van der Waals surface area (Å²) in [4.78, 5) is 11.7. The lowest BCUT2D eigenvalue weighted by atomic mass is 10.2. The summed E-state index contributed by atoms with van der Waals surface area (Å²) in [7, 11) is -2.22. The first-order valence-electron chi connectivity index (χ1n) is 6.59. The number of amides is 1. The van der Waals surface area contributed by atoms with Gasteiger partial charge < -0.3 is 5.32 Å². The van der Waals surface area contributed by atoms with Crippen molar-refractivity contribution in [1.29, 1.82) is 0 Å². The van der Waals surface area contributed by atoms with Crippen molar-refractivity contribution in [1.82, 2.24) is 5.32 Å². The van der Waals surface area contributed by atoms with Crippen LogP contribution < -0.4 is 10.0 Å². The fourth-order valence-corrected chi connectivity index (χ4v) is 2.71. The number of anilines is 1. The molecule has 0 saturated carbocycles. The minimum absolute atomic E-state index is 0.236. The van der Waals surface area contributed by atoms with Crippen molar-refractivity contribution >= 4 is 27.7 Å². The van der Waals surface area contributed by atoms with Crippen LogP contribution in [0.3, 0.4) is 0 Å². The summed E-state index contributed by atoms with van der Waals surface area (Å²) in [5, 5.41) is 3.55. The Morgan fingerprint density at radius 2 is 1.64 bits per heavy atom. The van der Waals surface area contributed by atoms with Crippen molar-refractivity contribution < 1.29 is 13.2 Å². The van der Waals surface area contributed by atoms with Gasteiger partial charge in [0, 0.05) is 7.05 Å². The number of hydrogen-bond donors (Lipinski definition) is 2. The van der Waals surface area contributed by atoms with Crippen LogP contribution >= 0.6 is 0 Å². The van der Waals surface area contributed by atoms with Gasteiger partial charge in [-0.25, -0.2) is 8.42 Å². The van der Waals surface area contributed by atoms with Gasteiger partial charge in [-0.2, -0.15) is 0 Å². The van der Waals surface area contributed by atoms with Crippen LogP contribution in [0.2, 0.25) is 0 Å². The van der Waals surface area contributed by atoms with E-state index in [2.05, 4.69) is 10.0 Å². The summed E-state index contributed by atoms with van der Waals surface area (Å²) >= 11 is 0. The maximum atomic E-state index is 12.1. The Hall–Kier alpha value is -2.60. The van der Waals surface area contributed by atoms with Crippen molar-refractivity contribution in [2.24, 2.45) is 0 Å². The smallest absolute Gasteiger partial charge is 0.255 e. The Morgan fingerprint density at radius 1 is 1.00 bits per heavy atom. The molecular weight excluding hydrogens is 300 g/mol. The zero-order valence-corrected chi connectivity index (χ0v) is 12.8. The highest BCUT2D eigenvalue weighted by Crippen LogP contribution is 2.17. The van der Waals surface area contributed by atoms with Crippen LogP contribution in [0.1, 0.15) is 15.9 Å². The normalized spacial score (nSPS) is 11.3. The molecule has 0 bridgehead atoms. The second-order valence-electron chi connectivity index (χ2n) is 4.49. The molecule has 22 heavy (non-hydrogen) atoms. The third-order valence-corrected chi connectivity index (χ3v) is 3.89. The van der Waals surface area contributed by atoms with Gasteiger partial charge >= 0.3 is 0 Å². The van der Waals surface area contributed by atoms with Crippen molar-refractivity contribution in [2.45, 2.75) is 0 Å². The van der Waals surface area contributed by atoms with Gasteiger partial charge in [0.05, 0.1) is 16.7 Å². The van der Waals surface area contributed by atoms with Crippen LogP contribution in [0.15, 0.2) is 60.0 Å². The standard InChI is InChI=1S/C16H16N2O3S/c1-17-16(19)14-9-5-6-10-15(14)18-22(20,21)12-11-13-7-3-2-4-8-13/h2-12,18H,1H3,(H,17,19)/b12-11+. The van der Waals surface area contributed by atoms with E-state index in [9.17, 15) is 13.2 Å². The van der Waals surface area contributed by atoms with Crippen LogP contribution in [0.5, 0.6) is 0 Å². The maximum absolute atomic E-state index is 12.1. The Balaban J connectivity index is 2.23. The molecule has 0 aliphatic rings. The van der Waals surface area contributed by atoms with Crippen LogP contribution in [-0.2, 0) is 10.0 Å². The average Bonchev–Trinajstić information content (AvgIpc) is 2.53. The molecule has 0 fully saturated rings. The molecule has 0 heterocycles. The van der Waals surface area contributed by atoms with E-state index in [1.807, 2.05) is 18.2 Å². The van der Waals surface area contributed by atoms with E-state index in [1.165, 1.54) is 13.1 Å². The molecule has 114 valence electrons. The van der Waals surface area contributed by atoms with Crippen molar-refractivity contribution in [3.8, 4) is 0 Å². The Morgan fingerprint density at radius 3 is 2.32 bits per heavy atom. The molecule has 0 saturated heterocycles. The Labute approximate surface area is 129 Å². The first-order chi connectivity index (χ1) is 10.5. The second kappa shape index (κ2) is 6.91. The van der Waals surface area contributed by atoms with E-state index in [-0.39, 0.29) is 17.2 Å². The van der Waals surface area contributed by atoms with Crippen molar-refractivity contribution in [3.05, 3.63) is 71.1 Å². The van der Waals surface area contributed by atoms with Gasteiger partial charge in [-0.15, -0.1) is 0 Å². The summed E-state index contributed by atoms with van der Waals surface area (Å²) in [6.45, 7) is 0. The summed E-state index contributed by atoms with van der Waals surface area (Å²) < 4.78 is 26.6. The second-order valence-corrected chi connectivity index (χ2v) is 6.05. The van der Waals surface area contributed by atoms with Gasteiger partial charge in [0.2, 0.25) is 0 Å². The lowest BCUT2D eigenvalue weighted by Gasteiger charge is -2.09. The molecule has 0 unspecified atom stereocenters. The molecule has 2 N–H and O–H groups in total. The number of para-hydroxylation sites is 1. The maximum Gasteiger partial charge on any atom is 0.255 e. The topological polar surface area (TPSA) is 75.3 Å². The van der Waals surface area contributed by atoms with Gasteiger partial charge in [-0.3, -0.25) is 9.52 Å². The molecule has 2 rings (SSSR count). The molecule has 2 aromatic carbocycles. The Kier molecular flexibility index (Phi) is 4.95. The highest BCUT2D eigenvalue weighted by Gasteiger charge is 2.13.